The summed E-state index contributed by atoms with van der Waals surface area (Å²) in [4.78, 5) is 14.8. The first kappa shape index (κ1) is 19.0. The highest BCUT2D eigenvalue weighted by molar-refractivity contribution is 6.35. The maximum atomic E-state index is 13.5. The molecule has 1 amide bonds. The molecule has 1 heterocycles. The third kappa shape index (κ3) is 2.81. The van der Waals surface area contributed by atoms with E-state index in [0.717, 1.165) is 19.3 Å². The zero-order chi connectivity index (χ0) is 20.3. The topological polar surface area (TPSA) is 67.9 Å². The Balaban J connectivity index is 1.64. The van der Waals surface area contributed by atoms with Crippen LogP contribution in [0.2, 0.25) is 5.02 Å². The SMILES string of the molecule is N#CC1=C(Cl)N(c2cccc(Cl)c2)C(=O)C(C#N)C1C12CC3CC(CC(C3)C1)C2. The van der Waals surface area contributed by atoms with Crippen LogP contribution in [0.3, 0.4) is 0 Å². The molecule has 0 spiro atoms. The summed E-state index contributed by atoms with van der Waals surface area (Å²) in [6, 6.07) is 11.4. The van der Waals surface area contributed by atoms with Gasteiger partial charge in [0, 0.05) is 10.9 Å². The van der Waals surface area contributed by atoms with Gasteiger partial charge in [-0.1, -0.05) is 29.3 Å². The lowest BCUT2D eigenvalue weighted by atomic mass is 9.44. The van der Waals surface area contributed by atoms with Crippen molar-refractivity contribution in [3.63, 3.8) is 0 Å². The third-order valence-corrected chi connectivity index (χ3v) is 8.23. The molecule has 4 fully saturated rings. The minimum Gasteiger partial charge on any atom is -0.273 e. The van der Waals surface area contributed by atoms with Crippen LogP contribution >= 0.6 is 23.2 Å². The van der Waals surface area contributed by atoms with Crippen LogP contribution in [0.1, 0.15) is 38.5 Å². The predicted molar refractivity (Wildman–Crippen MR) is 111 cm³/mol. The lowest BCUT2D eigenvalue weighted by molar-refractivity contribution is -0.129. The van der Waals surface area contributed by atoms with E-state index >= 15 is 0 Å². The monoisotopic (exact) mass is 425 g/mol. The van der Waals surface area contributed by atoms with Gasteiger partial charge in [-0.05, 0) is 79.9 Å². The molecular formula is C23H21Cl2N3O. The Morgan fingerprint density at radius 3 is 2.17 bits per heavy atom. The van der Waals surface area contributed by atoms with E-state index in [4.69, 9.17) is 23.2 Å². The normalized spacial score (nSPS) is 38.1. The maximum absolute atomic E-state index is 13.5. The molecule has 4 aliphatic carbocycles. The molecule has 4 bridgehead atoms. The summed E-state index contributed by atoms with van der Waals surface area (Å²) in [6.07, 6.45) is 6.77. The molecule has 6 rings (SSSR count). The van der Waals surface area contributed by atoms with Crippen LogP contribution in [-0.4, -0.2) is 5.91 Å². The molecule has 0 radical (unpaired) electrons. The van der Waals surface area contributed by atoms with E-state index in [-0.39, 0.29) is 16.5 Å². The molecule has 2 unspecified atom stereocenters. The number of halogens is 2. The quantitative estimate of drug-likeness (QED) is 0.576. The van der Waals surface area contributed by atoms with Crippen molar-refractivity contribution in [1.29, 1.82) is 10.5 Å². The number of hydrogen-bond acceptors (Lipinski definition) is 3. The molecule has 148 valence electrons. The second kappa shape index (κ2) is 6.76. The van der Waals surface area contributed by atoms with Gasteiger partial charge in [-0.3, -0.25) is 9.69 Å². The first-order chi connectivity index (χ1) is 14.0. The van der Waals surface area contributed by atoms with E-state index in [0.29, 0.717) is 34.0 Å². The van der Waals surface area contributed by atoms with Crippen molar-refractivity contribution in [1.82, 2.24) is 0 Å². The zero-order valence-corrected chi connectivity index (χ0v) is 17.5. The number of anilines is 1. The smallest absolute Gasteiger partial charge is 0.250 e. The van der Waals surface area contributed by atoms with Crippen LogP contribution in [0.15, 0.2) is 35.0 Å². The number of amides is 1. The van der Waals surface area contributed by atoms with E-state index in [2.05, 4.69) is 12.1 Å². The summed E-state index contributed by atoms with van der Waals surface area (Å²) < 4.78 is 0. The van der Waals surface area contributed by atoms with E-state index in [9.17, 15) is 15.3 Å². The number of allylic oxidation sites excluding steroid dienone is 1. The molecule has 0 N–H and O–H groups in total. The molecule has 1 aromatic rings. The van der Waals surface area contributed by atoms with Crippen LogP contribution in [0.25, 0.3) is 0 Å². The lowest BCUT2D eigenvalue weighted by Gasteiger charge is -2.60. The Morgan fingerprint density at radius 1 is 1.03 bits per heavy atom. The molecule has 0 saturated heterocycles. The van der Waals surface area contributed by atoms with Crippen LogP contribution in [0, 0.1) is 57.7 Å². The Hall–Kier alpha value is -2.01. The molecule has 0 aromatic heterocycles. The first-order valence-corrected chi connectivity index (χ1v) is 11.0. The van der Waals surface area contributed by atoms with Crippen molar-refractivity contribution >= 4 is 34.8 Å². The van der Waals surface area contributed by atoms with E-state index in [1.807, 2.05) is 0 Å². The maximum Gasteiger partial charge on any atom is 0.250 e. The molecule has 2 atom stereocenters. The number of benzene rings is 1. The zero-order valence-electron chi connectivity index (χ0n) is 15.9. The number of nitrogens with zero attached hydrogens (tertiary/aromatic N) is 3. The van der Waals surface area contributed by atoms with Crippen LogP contribution in [0.5, 0.6) is 0 Å². The van der Waals surface area contributed by atoms with Gasteiger partial charge in [0.15, 0.2) is 0 Å². The molecule has 5 aliphatic rings. The minimum atomic E-state index is -0.901. The van der Waals surface area contributed by atoms with Gasteiger partial charge in [-0.25, -0.2) is 0 Å². The first-order valence-electron chi connectivity index (χ1n) is 10.2. The second-order valence-electron chi connectivity index (χ2n) is 9.33. The molecular weight excluding hydrogens is 405 g/mol. The second-order valence-corrected chi connectivity index (χ2v) is 10.1. The Morgan fingerprint density at radius 2 is 1.66 bits per heavy atom. The summed E-state index contributed by atoms with van der Waals surface area (Å²) >= 11 is 12.8. The van der Waals surface area contributed by atoms with Crippen LogP contribution < -0.4 is 4.90 Å². The average molecular weight is 426 g/mol. The Kier molecular flexibility index (Phi) is 4.43. The summed E-state index contributed by atoms with van der Waals surface area (Å²) in [5.74, 6) is 0.296. The Labute approximate surface area is 180 Å². The molecule has 4 nitrogen and oxygen atoms in total. The van der Waals surface area contributed by atoms with E-state index < -0.39 is 11.8 Å². The van der Waals surface area contributed by atoms with Crippen molar-refractivity contribution in [3.8, 4) is 12.1 Å². The van der Waals surface area contributed by atoms with Gasteiger partial charge in [0.05, 0.1) is 23.4 Å². The molecule has 6 heteroatoms. The van der Waals surface area contributed by atoms with Gasteiger partial charge in [0.1, 0.15) is 11.1 Å². The molecule has 4 saturated carbocycles. The largest absolute Gasteiger partial charge is 0.273 e. The van der Waals surface area contributed by atoms with Crippen molar-refractivity contribution in [3.05, 3.63) is 40.0 Å². The number of nitriles is 2. The lowest BCUT2D eigenvalue weighted by Crippen LogP contribution is -2.55. The van der Waals surface area contributed by atoms with Crippen molar-refractivity contribution in [2.45, 2.75) is 38.5 Å². The summed E-state index contributed by atoms with van der Waals surface area (Å²) in [5.41, 5.74) is 0.723. The Bertz CT molecular complexity index is 967. The fraction of sp³-hybridized carbons (Fsp3) is 0.522. The third-order valence-electron chi connectivity index (χ3n) is 7.62. The molecule has 1 aliphatic heterocycles. The summed E-state index contributed by atoms with van der Waals surface area (Å²) in [6.45, 7) is 0. The number of carbonyl (C=O) groups excluding carboxylic acids is 1. The highest BCUT2D eigenvalue weighted by Gasteiger charge is 2.60. The summed E-state index contributed by atoms with van der Waals surface area (Å²) in [5, 5.41) is 20.7. The fourth-order valence-corrected chi connectivity index (χ4v) is 7.64. The van der Waals surface area contributed by atoms with E-state index in [1.165, 1.54) is 24.2 Å². The van der Waals surface area contributed by atoms with Crippen molar-refractivity contribution < 1.29 is 4.79 Å². The standard InChI is InChI=1S/C23H21Cl2N3O/c24-16-2-1-3-17(7-16)28-21(25)18(11-26)20(19(12-27)22(28)29)23-8-13-4-14(9-23)6-15(5-13)10-23/h1-3,7,13-15,19-20H,4-6,8-10H2. The highest BCUT2D eigenvalue weighted by atomic mass is 35.5. The van der Waals surface area contributed by atoms with Crippen molar-refractivity contribution in [2.24, 2.45) is 35.0 Å². The number of carbonyl (C=O) groups is 1. The van der Waals surface area contributed by atoms with Gasteiger partial charge in [-0.2, -0.15) is 10.5 Å². The summed E-state index contributed by atoms with van der Waals surface area (Å²) in [7, 11) is 0. The average Bonchev–Trinajstić information content (AvgIpc) is 2.67. The minimum absolute atomic E-state index is 0.131. The van der Waals surface area contributed by atoms with E-state index in [1.54, 1.807) is 24.3 Å². The molecule has 1 aromatic carbocycles. The fourth-order valence-electron chi connectivity index (χ4n) is 7.11. The van der Waals surface area contributed by atoms with Gasteiger partial charge in [-0.15, -0.1) is 0 Å². The van der Waals surface area contributed by atoms with Crippen LogP contribution in [-0.2, 0) is 4.79 Å². The predicted octanol–water partition coefficient (Wildman–Crippen LogP) is 5.63. The number of rotatable bonds is 2. The molecule has 29 heavy (non-hydrogen) atoms. The van der Waals surface area contributed by atoms with Crippen molar-refractivity contribution in [2.75, 3.05) is 4.90 Å². The van der Waals surface area contributed by atoms with Crippen LogP contribution in [0.4, 0.5) is 5.69 Å². The van der Waals surface area contributed by atoms with Gasteiger partial charge in [0.25, 0.3) is 0 Å². The number of hydrogen-bond donors (Lipinski definition) is 0. The highest BCUT2D eigenvalue weighted by Crippen LogP contribution is 2.65. The van der Waals surface area contributed by atoms with Gasteiger partial charge >= 0.3 is 0 Å². The van der Waals surface area contributed by atoms with Gasteiger partial charge in [0.2, 0.25) is 5.91 Å². The van der Waals surface area contributed by atoms with Gasteiger partial charge < -0.3 is 0 Å².